The van der Waals surface area contributed by atoms with E-state index in [1.165, 1.54) is 32.1 Å². The number of rotatable bonds is 10. The minimum absolute atomic E-state index is 0.274. The van der Waals surface area contributed by atoms with Crippen molar-refractivity contribution in [1.29, 1.82) is 0 Å². The van der Waals surface area contributed by atoms with Crippen LogP contribution in [0, 0.1) is 0 Å². The lowest BCUT2D eigenvalue weighted by molar-refractivity contribution is -0.140. The molecule has 0 unspecified atom stereocenters. The predicted octanol–water partition coefficient (Wildman–Crippen LogP) is 3.67. The molecule has 0 aromatic carbocycles. The van der Waals surface area contributed by atoms with Gasteiger partial charge in [0.15, 0.2) is 5.82 Å². The van der Waals surface area contributed by atoms with E-state index in [1.807, 2.05) is 0 Å². The van der Waals surface area contributed by atoms with Gasteiger partial charge in [0.05, 0.1) is 5.69 Å². The van der Waals surface area contributed by atoms with Crippen LogP contribution < -0.4 is 11.2 Å². The molecule has 20 heavy (non-hydrogen) atoms. The Balaban J connectivity index is 2.05. The van der Waals surface area contributed by atoms with E-state index in [1.54, 1.807) is 18.3 Å². The molecule has 0 bridgehead atoms. The van der Waals surface area contributed by atoms with Crippen molar-refractivity contribution in [3.63, 3.8) is 0 Å². The molecule has 5 nitrogen and oxygen atoms in total. The van der Waals surface area contributed by atoms with Gasteiger partial charge < -0.3 is 10.6 Å². The van der Waals surface area contributed by atoms with Gasteiger partial charge in [0, 0.05) is 12.6 Å². The number of hydrogen-bond donors (Lipinski definition) is 2. The Morgan fingerprint density at radius 1 is 1.25 bits per heavy atom. The molecular formula is C15H25N3O2. The summed E-state index contributed by atoms with van der Waals surface area (Å²) < 4.78 is 0. The summed E-state index contributed by atoms with van der Waals surface area (Å²) in [7, 11) is 0. The van der Waals surface area contributed by atoms with E-state index in [-0.39, 0.29) is 5.97 Å². The maximum absolute atomic E-state index is 11.5. The van der Waals surface area contributed by atoms with Crippen molar-refractivity contribution in [3.8, 4) is 0 Å². The van der Waals surface area contributed by atoms with E-state index < -0.39 is 0 Å². The van der Waals surface area contributed by atoms with E-state index in [9.17, 15) is 4.79 Å². The third-order valence-electron chi connectivity index (χ3n) is 3.08. The highest BCUT2D eigenvalue weighted by molar-refractivity contribution is 5.71. The number of pyridine rings is 1. The molecule has 1 rings (SSSR count). The highest BCUT2D eigenvalue weighted by atomic mass is 16.7. The maximum Gasteiger partial charge on any atom is 0.332 e. The number of nitrogens with zero attached hydrogens (tertiary/aromatic N) is 1. The van der Waals surface area contributed by atoms with Gasteiger partial charge in [0.1, 0.15) is 0 Å². The van der Waals surface area contributed by atoms with Crippen molar-refractivity contribution < 1.29 is 9.63 Å². The maximum atomic E-state index is 11.5. The normalized spacial score (nSPS) is 10.2. The third-order valence-corrected chi connectivity index (χ3v) is 3.08. The van der Waals surface area contributed by atoms with Gasteiger partial charge in [-0.1, -0.05) is 45.4 Å². The number of carbonyl (C=O) groups excluding carboxylic acids is 1. The molecule has 0 amide bonds. The van der Waals surface area contributed by atoms with Crippen molar-refractivity contribution >= 4 is 17.5 Å². The van der Waals surface area contributed by atoms with Gasteiger partial charge in [0.25, 0.3) is 0 Å². The highest BCUT2D eigenvalue weighted by Gasteiger charge is 2.05. The van der Waals surface area contributed by atoms with Crippen LogP contribution in [-0.2, 0) is 9.63 Å². The highest BCUT2D eigenvalue weighted by Crippen LogP contribution is 2.13. The molecule has 0 spiro atoms. The van der Waals surface area contributed by atoms with Crippen molar-refractivity contribution in [1.82, 2.24) is 4.98 Å². The Morgan fingerprint density at radius 3 is 2.65 bits per heavy atom. The molecule has 1 aromatic rings. The number of unbranched alkanes of at least 4 members (excludes halogenated alkanes) is 6. The average molecular weight is 279 g/mol. The first-order valence-electron chi connectivity index (χ1n) is 7.40. The lowest BCUT2D eigenvalue weighted by Crippen LogP contribution is -2.12. The molecule has 0 fully saturated rings. The van der Waals surface area contributed by atoms with Crippen LogP contribution in [0.1, 0.15) is 58.3 Å². The van der Waals surface area contributed by atoms with Crippen LogP contribution >= 0.6 is 0 Å². The first-order chi connectivity index (χ1) is 9.74. The molecule has 5 heteroatoms. The zero-order valence-electron chi connectivity index (χ0n) is 12.2. The predicted molar refractivity (Wildman–Crippen MR) is 81.0 cm³/mol. The van der Waals surface area contributed by atoms with Gasteiger partial charge in [-0.05, 0) is 18.6 Å². The molecule has 0 aliphatic rings. The molecular weight excluding hydrogens is 254 g/mol. The Kier molecular flexibility index (Phi) is 8.19. The number of carbonyl (C=O) groups is 1. The lowest BCUT2D eigenvalue weighted by Gasteiger charge is -2.07. The number of aromatic nitrogens is 1. The molecule has 1 aromatic heterocycles. The quantitative estimate of drug-likeness (QED) is 0.504. The summed E-state index contributed by atoms with van der Waals surface area (Å²) in [6.45, 7) is 2.21. The number of anilines is 2. The molecule has 0 saturated heterocycles. The summed E-state index contributed by atoms with van der Waals surface area (Å²) in [4.78, 5) is 20.4. The number of hydrogen-bond acceptors (Lipinski definition) is 5. The summed E-state index contributed by atoms with van der Waals surface area (Å²) in [5.41, 5.74) is 8.62. The topological polar surface area (TPSA) is 77.2 Å². The van der Waals surface area contributed by atoms with Gasteiger partial charge >= 0.3 is 5.97 Å². The molecule has 0 aliphatic heterocycles. The number of nitrogen functional groups attached to an aromatic ring is 1. The molecule has 0 aliphatic carbocycles. The lowest BCUT2D eigenvalue weighted by atomic mass is 10.1. The molecule has 0 radical (unpaired) electrons. The van der Waals surface area contributed by atoms with Crippen LogP contribution in [-0.4, -0.2) is 11.0 Å². The standard InChI is InChI=1S/C15H25N3O2/c1-2-3-4-5-6-7-8-11-14(19)20-18-15-13(16)10-9-12-17-15/h9-10,12H,2-8,11,16H2,1H3,(H,17,18). The fraction of sp³-hybridized carbons (Fsp3) is 0.600. The second-order valence-corrected chi connectivity index (χ2v) is 4.89. The molecule has 1 heterocycles. The van der Waals surface area contributed by atoms with Gasteiger partial charge in [-0.15, -0.1) is 0 Å². The molecule has 3 N–H and O–H groups in total. The van der Waals surface area contributed by atoms with Crippen LogP contribution in [0.15, 0.2) is 18.3 Å². The fourth-order valence-corrected chi connectivity index (χ4v) is 1.89. The van der Waals surface area contributed by atoms with E-state index in [0.717, 1.165) is 12.8 Å². The Morgan fingerprint density at radius 2 is 1.95 bits per heavy atom. The zero-order valence-corrected chi connectivity index (χ0v) is 12.2. The van der Waals surface area contributed by atoms with Crippen molar-refractivity contribution in [2.45, 2.75) is 58.3 Å². The van der Waals surface area contributed by atoms with Crippen LogP contribution in [0.25, 0.3) is 0 Å². The minimum atomic E-state index is -0.274. The van der Waals surface area contributed by atoms with Crippen molar-refractivity contribution in [2.24, 2.45) is 0 Å². The van der Waals surface area contributed by atoms with Crippen LogP contribution in [0.3, 0.4) is 0 Å². The minimum Gasteiger partial charge on any atom is -0.396 e. The molecule has 0 saturated carbocycles. The second-order valence-electron chi connectivity index (χ2n) is 4.89. The van der Waals surface area contributed by atoms with E-state index in [2.05, 4.69) is 17.4 Å². The second kappa shape index (κ2) is 10.1. The summed E-state index contributed by atoms with van der Waals surface area (Å²) in [5.74, 6) is 0.101. The largest absolute Gasteiger partial charge is 0.396 e. The summed E-state index contributed by atoms with van der Waals surface area (Å²) >= 11 is 0. The van der Waals surface area contributed by atoms with E-state index in [4.69, 9.17) is 10.6 Å². The van der Waals surface area contributed by atoms with Crippen LogP contribution in [0.5, 0.6) is 0 Å². The van der Waals surface area contributed by atoms with E-state index >= 15 is 0 Å². The van der Waals surface area contributed by atoms with Gasteiger partial charge in [-0.25, -0.2) is 9.78 Å². The number of nitrogens with two attached hydrogens (primary N) is 1. The third kappa shape index (κ3) is 6.97. The Labute approximate surface area is 120 Å². The van der Waals surface area contributed by atoms with Gasteiger partial charge in [-0.2, -0.15) is 5.48 Å². The summed E-state index contributed by atoms with van der Waals surface area (Å²) in [6, 6.07) is 3.42. The SMILES string of the molecule is CCCCCCCCCC(=O)ONc1ncccc1N. The van der Waals surface area contributed by atoms with Gasteiger partial charge in [0.2, 0.25) is 0 Å². The smallest absolute Gasteiger partial charge is 0.332 e. The van der Waals surface area contributed by atoms with Crippen molar-refractivity contribution in [2.75, 3.05) is 11.2 Å². The van der Waals surface area contributed by atoms with Crippen LogP contribution in [0.4, 0.5) is 11.5 Å². The average Bonchev–Trinajstić information content (AvgIpc) is 2.45. The van der Waals surface area contributed by atoms with E-state index in [0.29, 0.717) is 17.9 Å². The summed E-state index contributed by atoms with van der Waals surface area (Å²) in [5, 5.41) is 0. The number of nitrogens with one attached hydrogen (secondary N) is 1. The molecule has 0 atom stereocenters. The van der Waals surface area contributed by atoms with Crippen molar-refractivity contribution in [3.05, 3.63) is 18.3 Å². The first kappa shape index (κ1) is 16.3. The Hall–Kier alpha value is -1.78. The monoisotopic (exact) mass is 279 g/mol. The van der Waals surface area contributed by atoms with Gasteiger partial charge in [-0.3, -0.25) is 0 Å². The Bertz CT molecular complexity index is 396. The first-order valence-corrected chi connectivity index (χ1v) is 7.40. The van der Waals surface area contributed by atoms with Crippen LogP contribution in [0.2, 0.25) is 0 Å². The zero-order chi connectivity index (χ0) is 14.6. The molecule has 112 valence electrons. The fourth-order valence-electron chi connectivity index (χ4n) is 1.89. The summed E-state index contributed by atoms with van der Waals surface area (Å²) in [6.07, 6.45) is 10.2.